The molecule has 2 N–H and O–H groups in total. The molecule has 2 aromatic heterocycles. The van der Waals surface area contributed by atoms with Gasteiger partial charge >= 0.3 is 12.2 Å². The number of oxazole rings is 1. The maximum absolute atomic E-state index is 13.2. The van der Waals surface area contributed by atoms with E-state index in [1.165, 1.54) is 4.90 Å². The van der Waals surface area contributed by atoms with E-state index < -0.39 is 23.3 Å². The second kappa shape index (κ2) is 12.5. The van der Waals surface area contributed by atoms with Crippen LogP contribution in [0, 0.1) is 0 Å². The monoisotopic (exact) mass is 644 g/mol. The minimum atomic E-state index is -0.632. The molecule has 2 fully saturated rings. The minimum absolute atomic E-state index is 0.168. The number of amides is 3. The molecule has 1 aliphatic carbocycles. The summed E-state index contributed by atoms with van der Waals surface area (Å²) in [6.07, 6.45) is 10.2. The molecule has 1 unspecified atom stereocenters. The number of H-pyrrole nitrogens is 1. The van der Waals surface area contributed by atoms with Crippen molar-refractivity contribution in [2.45, 2.75) is 103 Å². The molecule has 12 heteroatoms. The number of nitrogens with one attached hydrogen (secondary N) is 2. The van der Waals surface area contributed by atoms with Crippen LogP contribution in [-0.4, -0.2) is 73.2 Å². The summed E-state index contributed by atoms with van der Waals surface area (Å²) < 4.78 is 17.4. The van der Waals surface area contributed by atoms with Crippen molar-refractivity contribution < 1.29 is 28.3 Å². The first-order valence-electron chi connectivity index (χ1n) is 16.4. The van der Waals surface area contributed by atoms with Gasteiger partial charge in [0.1, 0.15) is 23.1 Å². The number of aromatic amines is 1. The van der Waals surface area contributed by atoms with Gasteiger partial charge in [0.15, 0.2) is 5.76 Å². The predicted octanol–water partition coefficient (Wildman–Crippen LogP) is 6.73. The van der Waals surface area contributed by atoms with Gasteiger partial charge in [-0.15, -0.1) is 0 Å². The van der Waals surface area contributed by atoms with Gasteiger partial charge in [-0.25, -0.2) is 19.6 Å². The van der Waals surface area contributed by atoms with Crippen LogP contribution in [0.1, 0.15) is 97.3 Å². The van der Waals surface area contributed by atoms with Crippen LogP contribution >= 0.6 is 0 Å². The van der Waals surface area contributed by atoms with Crippen molar-refractivity contribution in [3.63, 3.8) is 0 Å². The largest absolute Gasteiger partial charge is 0.444 e. The number of carbonyl (C=O) groups excluding carboxylic acids is 3. The molecule has 3 aromatic rings. The van der Waals surface area contributed by atoms with Gasteiger partial charge in [0.2, 0.25) is 11.8 Å². The Bertz CT molecular complexity index is 1720. The normalized spacial score (nSPS) is 21.7. The second-order valence-electron chi connectivity index (χ2n) is 14.5. The van der Waals surface area contributed by atoms with E-state index in [0.29, 0.717) is 37.6 Å². The average molecular weight is 645 g/mol. The number of imidazole rings is 1. The summed E-state index contributed by atoms with van der Waals surface area (Å²) >= 11 is 0. The van der Waals surface area contributed by atoms with E-state index in [1.807, 2.05) is 78.0 Å². The number of allylic oxidation sites excluding steroid dienone is 4. The molecule has 1 aromatic carbocycles. The first-order chi connectivity index (χ1) is 22.2. The van der Waals surface area contributed by atoms with Crippen molar-refractivity contribution in [3.8, 4) is 11.3 Å². The summed E-state index contributed by atoms with van der Waals surface area (Å²) in [6, 6.07) is 5.10. The van der Waals surface area contributed by atoms with E-state index in [-0.39, 0.29) is 24.0 Å². The zero-order chi connectivity index (χ0) is 33.5. The SMILES string of the molecule is CC(C)(C)OC(=O)N1CCC[C@H]1C(=O)NC1=CC=CC(c2ncc(-c3ccc4nc([C@@H]5CCCN5C(=O)OC(C)(C)C)[nH]c4c3)o2)C1. The van der Waals surface area contributed by atoms with Gasteiger partial charge in [-0.1, -0.05) is 12.2 Å². The average Bonchev–Trinajstić information content (AvgIpc) is 3.80. The lowest BCUT2D eigenvalue weighted by atomic mass is 9.98. The molecule has 4 heterocycles. The number of benzene rings is 1. The van der Waals surface area contributed by atoms with Crippen molar-refractivity contribution in [2.24, 2.45) is 0 Å². The van der Waals surface area contributed by atoms with Crippen molar-refractivity contribution in [3.05, 3.63) is 60.0 Å². The summed E-state index contributed by atoms with van der Waals surface area (Å²) in [6.45, 7) is 12.2. The first kappa shape index (κ1) is 32.3. The van der Waals surface area contributed by atoms with Gasteiger partial charge < -0.3 is 24.2 Å². The van der Waals surface area contributed by atoms with Crippen molar-refractivity contribution >= 4 is 29.1 Å². The molecule has 0 radical (unpaired) electrons. The highest BCUT2D eigenvalue weighted by molar-refractivity contribution is 5.87. The molecule has 3 amide bonds. The summed E-state index contributed by atoms with van der Waals surface area (Å²) in [5.74, 6) is 1.50. The number of rotatable bonds is 5. The minimum Gasteiger partial charge on any atom is -0.444 e. The quantitative estimate of drug-likeness (QED) is 0.311. The second-order valence-corrected chi connectivity index (χ2v) is 14.5. The fraction of sp³-hybridized carbons (Fsp3) is 0.514. The molecule has 2 aliphatic heterocycles. The lowest BCUT2D eigenvalue weighted by molar-refractivity contribution is -0.124. The van der Waals surface area contributed by atoms with Gasteiger partial charge in [-0.05, 0) is 91.5 Å². The predicted molar refractivity (Wildman–Crippen MR) is 175 cm³/mol. The molecule has 47 heavy (non-hydrogen) atoms. The van der Waals surface area contributed by atoms with E-state index in [0.717, 1.165) is 47.4 Å². The Morgan fingerprint density at radius 2 is 1.68 bits per heavy atom. The number of aromatic nitrogens is 3. The van der Waals surface area contributed by atoms with Crippen LogP contribution in [0.3, 0.4) is 0 Å². The molecule has 0 saturated carbocycles. The van der Waals surface area contributed by atoms with Crippen LogP contribution in [-0.2, 0) is 14.3 Å². The molecule has 12 nitrogen and oxygen atoms in total. The fourth-order valence-electron chi connectivity index (χ4n) is 6.28. The topological polar surface area (TPSA) is 143 Å². The van der Waals surface area contributed by atoms with E-state index in [4.69, 9.17) is 18.9 Å². The maximum atomic E-state index is 13.2. The molecule has 3 aliphatic rings. The van der Waals surface area contributed by atoms with Gasteiger partial charge in [0.25, 0.3) is 0 Å². The molecule has 2 saturated heterocycles. The highest BCUT2D eigenvalue weighted by Gasteiger charge is 2.38. The number of hydrogen-bond donors (Lipinski definition) is 2. The lowest BCUT2D eigenvalue weighted by Gasteiger charge is -2.28. The zero-order valence-electron chi connectivity index (χ0n) is 28.0. The van der Waals surface area contributed by atoms with Crippen LogP contribution in [0.2, 0.25) is 0 Å². The molecular formula is C35H44N6O6. The first-order valence-corrected chi connectivity index (χ1v) is 16.4. The van der Waals surface area contributed by atoms with Crippen LogP contribution < -0.4 is 5.32 Å². The van der Waals surface area contributed by atoms with E-state index in [2.05, 4.69) is 15.3 Å². The Labute approximate surface area is 274 Å². The molecule has 0 spiro atoms. The number of hydrogen-bond acceptors (Lipinski definition) is 8. The summed E-state index contributed by atoms with van der Waals surface area (Å²) in [5.41, 5.74) is 2.01. The Morgan fingerprint density at radius 3 is 2.43 bits per heavy atom. The summed E-state index contributed by atoms with van der Waals surface area (Å²) in [5, 5.41) is 3.02. The molecule has 6 rings (SSSR count). The fourth-order valence-corrected chi connectivity index (χ4v) is 6.28. The summed E-state index contributed by atoms with van der Waals surface area (Å²) in [7, 11) is 0. The van der Waals surface area contributed by atoms with Crippen LogP contribution in [0.15, 0.2) is 52.7 Å². The Hall–Kier alpha value is -4.61. The van der Waals surface area contributed by atoms with E-state index >= 15 is 0 Å². The third kappa shape index (κ3) is 7.36. The highest BCUT2D eigenvalue weighted by Crippen LogP contribution is 2.35. The van der Waals surface area contributed by atoms with Crippen LogP contribution in [0.4, 0.5) is 9.59 Å². The van der Waals surface area contributed by atoms with Crippen molar-refractivity contribution in [1.29, 1.82) is 0 Å². The van der Waals surface area contributed by atoms with Crippen LogP contribution in [0.5, 0.6) is 0 Å². The third-order valence-electron chi connectivity index (χ3n) is 8.37. The van der Waals surface area contributed by atoms with Crippen LogP contribution in [0.25, 0.3) is 22.4 Å². The van der Waals surface area contributed by atoms with Gasteiger partial charge in [0.05, 0.1) is 29.2 Å². The van der Waals surface area contributed by atoms with Gasteiger partial charge in [-0.2, -0.15) is 0 Å². The van der Waals surface area contributed by atoms with Gasteiger partial charge in [-0.3, -0.25) is 14.6 Å². The lowest BCUT2D eigenvalue weighted by Crippen LogP contribution is -2.47. The molecular weight excluding hydrogens is 600 g/mol. The van der Waals surface area contributed by atoms with E-state index in [1.54, 1.807) is 11.1 Å². The van der Waals surface area contributed by atoms with Gasteiger partial charge in [0, 0.05) is 30.8 Å². The smallest absolute Gasteiger partial charge is 0.410 e. The number of fused-ring (bicyclic) bond motifs is 1. The Kier molecular flexibility index (Phi) is 8.62. The molecule has 0 bridgehead atoms. The number of carbonyl (C=O) groups is 3. The van der Waals surface area contributed by atoms with Crippen molar-refractivity contribution in [2.75, 3.05) is 13.1 Å². The number of ether oxygens (including phenoxy) is 2. The maximum Gasteiger partial charge on any atom is 0.410 e. The molecule has 3 atom stereocenters. The number of nitrogens with zero attached hydrogens (tertiary/aromatic N) is 4. The Morgan fingerprint density at radius 1 is 0.979 bits per heavy atom. The van der Waals surface area contributed by atoms with E-state index in [9.17, 15) is 14.4 Å². The molecule has 250 valence electrons. The highest BCUT2D eigenvalue weighted by atomic mass is 16.6. The standard InChI is InChI=1S/C35H44N6O6/c1-34(2,3)46-32(43)40-16-8-12-26(40)29-38-24-15-14-21(19-25(24)39-29)28-20-36-31(45-28)22-10-7-11-23(18-22)37-30(42)27-13-9-17-41(27)33(44)47-35(4,5)6/h7,10-11,14-15,19-20,22,26-27H,8-9,12-13,16-18H2,1-6H3,(H,37,42)(H,38,39)/t22?,26-,27-/m0/s1. The van der Waals surface area contributed by atoms with Crippen molar-refractivity contribution in [1.82, 2.24) is 30.1 Å². The third-order valence-corrected chi connectivity index (χ3v) is 8.37. The summed E-state index contributed by atoms with van der Waals surface area (Å²) in [4.78, 5) is 54.8. The Balaban J connectivity index is 1.11. The number of likely N-dealkylation sites (tertiary alicyclic amines) is 2. The zero-order valence-corrected chi connectivity index (χ0v) is 28.0.